The summed E-state index contributed by atoms with van der Waals surface area (Å²) >= 11 is 0. The number of aryl methyl sites for hydroxylation is 2. The molecule has 7 heteroatoms. The van der Waals surface area contributed by atoms with E-state index in [0.717, 1.165) is 44.1 Å². The van der Waals surface area contributed by atoms with Gasteiger partial charge in [0.2, 0.25) is 0 Å². The summed E-state index contributed by atoms with van der Waals surface area (Å²) in [6, 6.07) is 7.88. The molecule has 0 aliphatic heterocycles. The Morgan fingerprint density at radius 2 is 1.96 bits per heavy atom. The lowest BCUT2D eigenvalue weighted by Crippen LogP contribution is -2.21. The molecule has 0 unspecified atom stereocenters. The molecule has 0 bridgehead atoms. The number of nitrogens with zero attached hydrogens (tertiary/aromatic N) is 5. The summed E-state index contributed by atoms with van der Waals surface area (Å²) in [6.07, 6.45) is 5.83. The molecule has 4 aromatic heterocycles. The molecular formula is C21H20N6O. The third-order valence-electron chi connectivity index (χ3n) is 5.27. The summed E-state index contributed by atoms with van der Waals surface area (Å²) in [5, 5.41) is 6.25. The van der Waals surface area contributed by atoms with Crippen LogP contribution in [0.1, 0.15) is 10.4 Å². The summed E-state index contributed by atoms with van der Waals surface area (Å²) in [5.74, 6) is -0.0138. The Labute approximate surface area is 161 Å². The number of rotatable bonds is 2. The number of fused-ring (bicyclic) bond motifs is 4. The Balaban J connectivity index is 1.76. The number of benzene rings is 1. The number of nitrogens with one attached hydrogen (secondary N) is 1. The van der Waals surface area contributed by atoms with E-state index in [9.17, 15) is 4.79 Å². The van der Waals surface area contributed by atoms with Crippen LogP contribution >= 0.6 is 0 Å². The Morgan fingerprint density at radius 3 is 2.75 bits per heavy atom. The topological polar surface area (TPSA) is 71.7 Å². The quantitative estimate of drug-likeness (QED) is 0.517. The van der Waals surface area contributed by atoms with Gasteiger partial charge in [0.05, 0.1) is 11.2 Å². The number of pyridine rings is 1. The van der Waals surface area contributed by atoms with Crippen LogP contribution < -0.4 is 0 Å². The molecule has 5 aromatic rings. The van der Waals surface area contributed by atoms with Crippen LogP contribution in [0.4, 0.5) is 0 Å². The number of hydrogen-bond donors (Lipinski definition) is 1. The minimum atomic E-state index is -0.0138. The lowest BCUT2D eigenvalue weighted by Gasteiger charge is -2.10. The molecule has 4 heterocycles. The van der Waals surface area contributed by atoms with Crippen molar-refractivity contribution in [1.82, 2.24) is 29.2 Å². The molecule has 7 nitrogen and oxygen atoms in total. The van der Waals surface area contributed by atoms with Crippen molar-refractivity contribution >= 4 is 38.7 Å². The molecule has 0 saturated carbocycles. The number of H-pyrrole nitrogens is 1. The van der Waals surface area contributed by atoms with Gasteiger partial charge in [-0.25, -0.2) is 9.97 Å². The number of carbonyl (C=O) groups excluding carboxylic acids is 1. The van der Waals surface area contributed by atoms with Crippen molar-refractivity contribution in [3.63, 3.8) is 0 Å². The molecule has 0 aliphatic carbocycles. The molecule has 140 valence electrons. The van der Waals surface area contributed by atoms with E-state index in [1.165, 1.54) is 0 Å². The maximum absolute atomic E-state index is 12.4. The monoisotopic (exact) mass is 372 g/mol. The Hall–Kier alpha value is -3.61. The van der Waals surface area contributed by atoms with Gasteiger partial charge in [-0.05, 0) is 24.3 Å². The van der Waals surface area contributed by atoms with Crippen LogP contribution in [0.5, 0.6) is 0 Å². The summed E-state index contributed by atoms with van der Waals surface area (Å²) in [6.45, 7) is 0. The number of carbonyl (C=O) groups is 1. The molecule has 28 heavy (non-hydrogen) atoms. The van der Waals surface area contributed by atoms with Gasteiger partial charge in [-0.2, -0.15) is 0 Å². The van der Waals surface area contributed by atoms with Crippen molar-refractivity contribution in [2.24, 2.45) is 14.1 Å². The number of aromatic nitrogens is 5. The zero-order chi connectivity index (χ0) is 19.6. The first kappa shape index (κ1) is 16.6. The van der Waals surface area contributed by atoms with E-state index in [0.29, 0.717) is 5.56 Å². The normalized spacial score (nSPS) is 11.7. The van der Waals surface area contributed by atoms with Crippen molar-refractivity contribution in [2.45, 2.75) is 0 Å². The van der Waals surface area contributed by atoms with Gasteiger partial charge >= 0.3 is 0 Å². The van der Waals surface area contributed by atoms with Gasteiger partial charge in [0, 0.05) is 79.6 Å². The highest BCUT2D eigenvalue weighted by Gasteiger charge is 2.17. The van der Waals surface area contributed by atoms with Crippen molar-refractivity contribution in [3.8, 4) is 11.3 Å². The fourth-order valence-corrected chi connectivity index (χ4v) is 3.86. The molecule has 0 spiro atoms. The standard InChI is InChI=1S/C21H20N6O/c1-25(2)21(28)12-5-6-18-14(7-12)16(11-26(18)3)17-8-15-19-13(10-23-27(19)4)9-22-20(15)24-17/h5-11,23H,1-4H3. The van der Waals surface area contributed by atoms with Gasteiger partial charge in [-0.1, -0.05) is 0 Å². The van der Waals surface area contributed by atoms with E-state index in [1.54, 1.807) is 19.0 Å². The smallest absolute Gasteiger partial charge is 0.253 e. The SMILES string of the molecule is CN(C)C(=O)c1ccc2c(c1)c(-c1cc3c(ncc4c[nH]n(C)c43)n1)cn2C. The number of amides is 1. The van der Waals surface area contributed by atoms with Crippen molar-refractivity contribution in [1.29, 1.82) is 0 Å². The van der Waals surface area contributed by atoms with Crippen molar-refractivity contribution in [3.05, 3.63) is 48.4 Å². The number of aromatic amines is 1. The molecule has 1 amide bonds. The summed E-state index contributed by atoms with van der Waals surface area (Å²) in [7, 11) is 7.51. The molecule has 1 N–H and O–H groups in total. The largest absolute Gasteiger partial charge is 0.350 e. The molecule has 0 atom stereocenters. The highest BCUT2D eigenvalue weighted by molar-refractivity contribution is 6.07. The summed E-state index contributed by atoms with van der Waals surface area (Å²) < 4.78 is 4.04. The number of hydrogen-bond acceptors (Lipinski definition) is 3. The van der Waals surface area contributed by atoms with E-state index >= 15 is 0 Å². The molecule has 1 aromatic carbocycles. The second kappa shape index (κ2) is 5.69. The van der Waals surface area contributed by atoms with Gasteiger partial charge in [0.25, 0.3) is 5.91 Å². The molecular weight excluding hydrogens is 352 g/mol. The van der Waals surface area contributed by atoms with Crippen LogP contribution in [0.15, 0.2) is 42.9 Å². The average molecular weight is 372 g/mol. The molecule has 0 radical (unpaired) electrons. The summed E-state index contributed by atoms with van der Waals surface area (Å²) in [5.41, 5.74) is 5.37. The van der Waals surface area contributed by atoms with Gasteiger partial charge in [0.15, 0.2) is 5.65 Å². The lowest BCUT2D eigenvalue weighted by atomic mass is 10.1. The predicted octanol–water partition coefficient (Wildman–Crippen LogP) is 3.31. The van der Waals surface area contributed by atoms with E-state index in [-0.39, 0.29) is 5.91 Å². The predicted molar refractivity (Wildman–Crippen MR) is 110 cm³/mol. The molecule has 5 rings (SSSR count). The fraction of sp³-hybridized carbons (Fsp3) is 0.190. The highest BCUT2D eigenvalue weighted by Crippen LogP contribution is 2.34. The van der Waals surface area contributed by atoms with E-state index in [2.05, 4.69) is 26.9 Å². The lowest BCUT2D eigenvalue weighted by molar-refractivity contribution is 0.0828. The third-order valence-corrected chi connectivity index (χ3v) is 5.27. The Kier molecular flexibility index (Phi) is 3.37. The first-order valence-electron chi connectivity index (χ1n) is 9.04. The fourth-order valence-electron chi connectivity index (χ4n) is 3.86. The minimum Gasteiger partial charge on any atom is -0.350 e. The van der Waals surface area contributed by atoms with Crippen LogP contribution in [0.25, 0.3) is 44.1 Å². The molecule has 0 saturated heterocycles. The Bertz CT molecular complexity index is 1380. The van der Waals surface area contributed by atoms with Gasteiger partial charge in [0.1, 0.15) is 0 Å². The van der Waals surface area contributed by atoms with E-state index in [1.807, 2.05) is 49.4 Å². The Morgan fingerprint density at radius 1 is 1.14 bits per heavy atom. The van der Waals surface area contributed by atoms with Crippen molar-refractivity contribution in [2.75, 3.05) is 14.1 Å². The minimum absolute atomic E-state index is 0.0138. The first-order chi connectivity index (χ1) is 13.4. The van der Waals surface area contributed by atoms with Crippen molar-refractivity contribution < 1.29 is 4.79 Å². The maximum atomic E-state index is 12.4. The molecule has 0 fully saturated rings. The van der Waals surface area contributed by atoms with Crippen LogP contribution in [0.3, 0.4) is 0 Å². The van der Waals surface area contributed by atoms with Crippen LogP contribution in [0, 0.1) is 0 Å². The van der Waals surface area contributed by atoms with Gasteiger partial charge in [-0.15, -0.1) is 0 Å². The maximum Gasteiger partial charge on any atom is 0.253 e. The highest BCUT2D eigenvalue weighted by atomic mass is 16.2. The van der Waals surface area contributed by atoms with Gasteiger partial charge in [-0.3, -0.25) is 9.48 Å². The van der Waals surface area contributed by atoms with Crippen LogP contribution in [-0.4, -0.2) is 49.2 Å². The first-order valence-corrected chi connectivity index (χ1v) is 9.04. The summed E-state index contributed by atoms with van der Waals surface area (Å²) in [4.78, 5) is 23.3. The average Bonchev–Trinajstić information content (AvgIpc) is 3.36. The second-order valence-electron chi connectivity index (χ2n) is 7.36. The van der Waals surface area contributed by atoms with Crippen LogP contribution in [-0.2, 0) is 14.1 Å². The van der Waals surface area contributed by atoms with E-state index < -0.39 is 0 Å². The van der Waals surface area contributed by atoms with Crippen LogP contribution in [0.2, 0.25) is 0 Å². The van der Waals surface area contributed by atoms with Gasteiger partial charge < -0.3 is 14.6 Å². The van der Waals surface area contributed by atoms with E-state index in [4.69, 9.17) is 4.98 Å². The second-order valence-corrected chi connectivity index (χ2v) is 7.36. The third kappa shape index (κ3) is 2.26. The zero-order valence-corrected chi connectivity index (χ0v) is 16.2. The zero-order valence-electron chi connectivity index (χ0n) is 16.2. The molecule has 0 aliphatic rings.